The molecule has 0 amide bonds. The van der Waals surface area contributed by atoms with Gasteiger partial charge in [0, 0.05) is 4.83 Å². The predicted octanol–water partition coefficient (Wildman–Crippen LogP) is 3.49. The Morgan fingerprint density at radius 1 is 1.17 bits per heavy atom. The molecule has 0 aromatic carbocycles. The molecule has 12 heavy (non-hydrogen) atoms. The van der Waals surface area contributed by atoms with Crippen LogP contribution in [0.25, 0.3) is 0 Å². The van der Waals surface area contributed by atoms with E-state index in [2.05, 4.69) is 29.8 Å². The van der Waals surface area contributed by atoms with Crippen molar-refractivity contribution in [1.29, 1.82) is 0 Å². The van der Waals surface area contributed by atoms with Gasteiger partial charge < -0.3 is 5.11 Å². The van der Waals surface area contributed by atoms with Crippen LogP contribution in [0, 0.1) is 0 Å². The molecule has 0 saturated carbocycles. The summed E-state index contributed by atoms with van der Waals surface area (Å²) in [7, 11) is 0. The summed E-state index contributed by atoms with van der Waals surface area (Å²) < 4.78 is 0. The Bertz CT molecular complexity index is 95.8. The van der Waals surface area contributed by atoms with Gasteiger partial charge in [-0.1, -0.05) is 36.2 Å². The molecule has 1 nitrogen and oxygen atoms in total. The van der Waals surface area contributed by atoms with Crippen LogP contribution >= 0.6 is 15.9 Å². The van der Waals surface area contributed by atoms with Crippen molar-refractivity contribution < 1.29 is 5.11 Å². The second-order valence-corrected chi connectivity index (χ2v) is 4.67. The fraction of sp³-hybridized carbons (Fsp3) is 1.00. The van der Waals surface area contributed by atoms with Crippen molar-refractivity contribution >= 4 is 15.9 Å². The third kappa shape index (κ3) is 7.11. The molecule has 2 atom stereocenters. The van der Waals surface area contributed by atoms with E-state index in [1.807, 2.05) is 0 Å². The van der Waals surface area contributed by atoms with E-state index in [0.717, 1.165) is 25.7 Å². The van der Waals surface area contributed by atoms with Gasteiger partial charge in [-0.2, -0.15) is 0 Å². The Kier molecular flexibility index (Phi) is 8.35. The van der Waals surface area contributed by atoms with Crippen molar-refractivity contribution in [2.24, 2.45) is 0 Å². The van der Waals surface area contributed by atoms with Crippen LogP contribution in [0.3, 0.4) is 0 Å². The summed E-state index contributed by atoms with van der Waals surface area (Å²) in [6.07, 6.45) is 6.47. The predicted molar refractivity (Wildman–Crippen MR) is 57.8 cm³/mol. The summed E-state index contributed by atoms with van der Waals surface area (Å²) in [5.41, 5.74) is 0. The number of hydrogen-bond acceptors (Lipinski definition) is 1. The molecule has 0 radical (unpaired) electrons. The molecule has 0 heterocycles. The lowest BCUT2D eigenvalue weighted by molar-refractivity contribution is 0.150. The van der Waals surface area contributed by atoms with Gasteiger partial charge in [-0.3, -0.25) is 0 Å². The monoisotopic (exact) mass is 236 g/mol. The van der Waals surface area contributed by atoms with Crippen molar-refractivity contribution in [1.82, 2.24) is 0 Å². The van der Waals surface area contributed by atoms with Gasteiger partial charge in [-0.25, -0.2) is 0 Å². The Morgan fingerprint density at radius 3 is 2.33 bits per heavy atom. The Hall–Kier alpha value is 0.440. The summed E-state index contributed by atoms with van der Waals surface area (Å²) >= 11 is 3.58. The standard InChI is InChI=1S/C10H21BrO/c1-3-6-10(12)8-5-7-9(11)4-2/h9-10,12H,3-8H2,1-2H3/t9?,10-/m0/s1. The number of rotatable bonds is 7. The molecule has 74 valence electrons. The topological polar surface area (TPSA) is 20.2 Å². The average molecular weight is 237 g/mol. The molecule has 0 aromatic heterocycles. The molecule has 0 aromatic rings. The van der Waals surface area contributed by atoms with Gasteiger partial charge in [0.25, 0.3) is 0 Å². The molecule has 2 heteroatoms. The number of halogens is 1. The fourth-order valence-corrected chi connectivity index (χ4v) is 1.58. The highest BCUT2D eigenvalue weighted by molar-refractivity contribution is 9.09. The highest BCUT2D eigenvalue weighted by Gasteiger charge is 2.04. The van der Waals surface area contributed by atoms with Crippen LogP contribution in [0.2, 0.25) is 0 Å². The average Bonchev–Trinajstić information content (AvgIpc) is 2.04. The Balaban J connectivity index is 3.18. The summed E-state index contributed by atoms with van der Waals surface area (Å²) in [5, 5.41) is 9.42. The third-order valence-electron chi connectivity index (χ3n) is 2.12. The minimum atomic E-state index is -0.0634. The van der Waals surface area contributed by atoms with Crippen LogP contribution in [0.15, 0.2) is 0 Å². The number of aliphatic hydroxyl groups is 1. The molecule has 0 aliphatic rings. The maximum absolute atomic E-state index is 9.42. The molecule has 0 saturated heterocycles. The molecular weight excluding hydrogens is 216 g/mol. The summed E-state index contributed by atoms with van der Waals surface area (Å²) in [6.45, 7) is 4.30. The first-order valence-electron chi connectivity index (χ1n) is 5.02. The minimum Gasteiger partial charge on any atom is -0.393 e. The van der Waals surface area contributed by atoms with E-state index in [0.29, 0.717) is 4.83 Å². The lowest BCUT2D eigenvalue weighted by atomic mass is 10.1. The van der Waals surface area contributed by atoms with Gasteiger partial charge >= 0.3 is 0 Å². The number of hydrogen-bond donors (Lipinski definition) is 1. The van der Waals surface area contributed by atoms with Gasteiger partial charge in [0.1, 0.15) is 0 Å². The number of aliphatic hydroxyl groups excluding tert-OH is 1. The maximum Gasteiger partial charge on any atom is 0.0540 e. The first kappa shape index (κ1) is 12.4. The van der Waals surface area contributed by atoms with Crippen LogP contribution in [-0.4, -0.2) is 16.0 Å². The summed E-state index contributed by atoms with van der Waals surface area (Å²) in [4.78, 5) is 0.645. The van der Waals surface area contributed by atoms with Crippen molar-refractivity contribution in [3.63, 3.8) is 0 Å². The molecule has 1 unspecified atom stereocenters. The molecule has 0 aliphatic carbocycles. The summed E-state index contributed by atoms with van der Waals surface area (Å²) in [6, 6.07) is 0. The first-order chi connectivity index (χ1) is 5.70. The second kappa shape index (κ2) is 8.06. The summed E-state index contributed by atoms with van der Waals surface area (Å²) in [5.74, 6) is 0. The largest absolute Gasteiger partial charge is 0.393 e. The van der Waals surface area contributed by atoms with Crippen molar-refractivity contribution in [3.05, 3.63) is 0 Å². The van der Waals surface area contributed by atoms with E-state index < -0.39 is 0 Å². The zero-order valence-electron chi connectivity index (χ0n) is 8.22. The highest BCUT2D eigenvalue weighted by atomic mass is 79.9. The van der Waals surface area contributed by atoms with Crippen molar-refractivity contribution in [3.8, 4) is 0 Å². The highest BCUT2D eigenvalue weighted by Crippen LogP contribution is 2.15. The number of alkyl halides is 1. The smallest absolute Gasteiger partial charge is 0.0540 e. The third-order valence-corrected chi connectivity index (χ3v) is 3.22. The van der Waals surface area contributed by atoms with Crippen molar-refractivity contribution in [2.45, 2.75) is 63.3 Å². The van der Waals surface area contributed by atoms with Gasteiger partial charge in [-0.15, -0.1) is 0 Å². The fourth-order valence-electron chi connectivity index (χ4n) is 1.26. The van der Waals surface area contributed by atoms with E-state index in [-0.39, 0.29) is 6.10 Å². The van der Waals surface area contributed by atoms with Gasteiger partial charge in [0.2, 0.25) is 0 Å². The SMILES string of the molecule is CCC[C@H](O)CCCC(Br)CC. The normalized spacial score (nSPS) is 16.0. The van der Waals surface area contributed by atoms with Crippen LogP contribution < -0.4 is 0 Å². The van der Waals surface area contributed by atoms with E-state index in [1.54, 1.807) is 0 Å². The molecule has 0 aliphatic heterocycles. The van der Waals surface area contributed by atoms with E-state index >= 15 is 0 Å². The quantitative estimate of drug-likeness (QED) is 0.672. The van der Waals surface area contributed by atoms with Crippen LogP contribution in [0.1, 0.15) is 52.4 Å². The minimum absolute atomic E-state index is 0.0634. The molecular formula is C10H21BrO. The maximum atomic E-state index is 9.42. The molecule has 0 bridgehead atoms. The van der Waals surface area contributed by atoms with Gasteiger partial charge in [0.05, 0.1) is 6.10 Å². The first-order valence-corrected chi connectivity index (χ1v) is 5.94. The molecule has 0 fully saturated rings. The zero-order chi connectivity index (χ0) is 9.40. The Morgan fingerprint density at radius 2 is 1.83 bits per heavy atom. The Labute approximate surface area is 84.7 Å². The molecule has 0 rings (SSSR count). The lowest BCUT2D eigenvalue weighted by Crippen LogP contribution is -2.06. The zero-order valence-corrected chi connectivity index (χ0v) is 9.81. The lowest BCUT2D eigenvalue weighted by Gasteiger charge is -2.10. The molecule has 1 N–H and O–H groups in total. The van der Waals surface area contributed by atoms with E-state index in [4.69, 9.17) is 0 Å². The molecule has 0 spiro atoms. The van der Waals surface area contributed by atoms with Crippen LogP contribution in [0.4, 0.5) is 0 Å². The van der Waals surface area contributed by atoms with E-state index in [1.165, 1.54) is 12.8 Å². The van der Waals surface area contributed by atoms with Crippen molar-refractivity contribution in [2.75, 3.05) is 0 Å². The van der Waals surface area contributed by atoms with Crippen LogP contribution in [0.5, 0.6) is 0 Å². The van der Waals surface area contributed by atoms with Gasteiger partial charge in [-0.05, 0) is 32.1 Å². The van der Waals surface area contributed by atoms with Gasteiger partial charge in [0.15, 0.2) is 0 Å². The second-order valence-electron chi connectivity index (χ2n) is 3.38. The van der Waals surface area contributed by atoms with E-state index in [9.17, 15) is 5.11 Å². The van der Waals surface area contributed by atoms with Crippen LogP contribution in [-0.2, 0) is 0 Å².